The van der Waals surface area contributed by atoms with Crippen LogP contribution < -0.4 is 10.5 Å². The zero-order valence-electron chi connectivity index (χ0n) is 10.1. The quantitative estimate of drug-likeness (QED) is 0.833. The Balaban J connectivity index is 2.05. The molecule has 2 N–H and O–H groups in total. The molecule has 3 nitrogen and oxygen atoms in total. The Hall–Kier alpha value is -1.25. The second-order valence-corrected chi connectivity index (χ2v) is 4.86. The minimum absolute atomic E-state index is 0.292. The zero-order valence-corrected chi connectivity index (χ0v) is 10.1. The summed E-state index contributed by atoms with van der Waals surface area (Å²) in [6.45, 7) is 4.26. The van der Waals surface area contributed by atoms with Crippen molar-refractivity contribution in [1.82, 2.24) is 4.98 Å². The normalized spacial score (nSPS) is 25.4. The number of pyridine rings is 1. The van der Waals surface area contributed by atoms with Gasteiger partial charge in [-0.2, -0.15) is 0 Å². The Morgan fingerprint density at radius 2 is 2.25 bits per heavy atom. The maximum Gasteiger partial charge on any atom is 0.237 e. The van der Waals surface area contributed by atoms with Crippen LogP contribution in [0, 0.1) is 12.8 Å². The van der Waals surface area contributed by atoms with Crippen molar-refractivity contribution in [3.63, 3.8) is 0 Å². The zero-order chi connectivity index (χ0) is 11.5. The first-order valence-corrected chi connectivity index (χ1v) is 6.04. The number of hydrogen-bond donors (Lipinski definition) is 1. The number of hydrogen-bond acceptors (Lipinski definition) is 3. The average molecular weight is 220 g/mol. The first-order valence-electron chi connectivity index (χ1n) is 6.04. The summed E-state index contributed by atoms with van der Waals surface area (Å²) < 4.78 is 5.90. The molecule has 3 heteroatoms. The number of aryl methyl sites for hydroxylation is 1. The number of nitrogens with zero attached hydrogens (tertiary/aromatic N) is 1. The second kappa shape index (κ2) is 4.73. The van der Waals surface area contributed by atoms with E-state index in [0.29, 0.717) is 17.7 Å². The van der Waals surface area contributed by atoms with E-state index < -0.39 is 0 Å². The summed E-state index contributed by atoms with van der Waals surface area (Å²) in [6.07, 6.45) is 6.86. The van der Waals surface area contributed by atoms with E-state index >= 15 is 0 Å². The fraction of sp³-hybridized carbons (Fsp3) is 0.615. The number of rotatable bonds is 2. The lowest BCUT2D eigenvalue weighted by Crippen LogP contribution is -2.24. The molecule has 1 aromatic heterocycles. The highest BCUT2D eigenvalue weighted by molar-refractivity contribution is 5.53. The van der Waals surface area contributed by atoms with Crippen molar-refractivity contribution < 1.29 is 4.74 Å². The number of ether oxygens (including phenoxy) is 1. The van der Waals surface area contributed by atoms with Gasteiger partial charge in [0.2, 0.25) is 5.88 Å². The summed E-state index contributed by atoms with van der Waals surface area (Å²) in [5.74, 6) is 1.36. The maximum absolute atomic E-state index is 5.95. The lowest BCUT2D eigenvalue weighted by molar-refractivity contribution is 0.125. The summed E-state index contributed by atoms with van der Waals surface area (Å²) in [6, 6.07) is 1.91. The molecule has 0 spiro atoms. The molecule has 88 valence electrons. The molecule has 1 saturated carbocycles. The third kappa shape index (κ3) is 2.46. The molecule has 1 aliphatic rings. The van der Waals surface area contributed by atoms with Gasteiger partial charge in [0, 0.05) is 6.20 Å². The molecule has 1 fully saturated rings. The van der Waals surface area contributed by atoms with E-state index in [4.69, 9.17) is 10.5 Å². The van der Waals surface area contributed by atoms with Crippen molar-refractivity contribution in [3.8, 4) is 5.88 Å². The van der Waals surface area contributed by atoms with Crippen molar-refractivity contribution in [2.75, 3.05) is 5.73 Å². The topological polar surface area (TPSA) is 48.1 Å². The highest BCUT2D eigenvalue weighted by atomic mass is 16.5. The van der Waals surface area contributed by atoms with Crippen molar-refractivity contribution in [3.05, 3.63) is 17.8 Å². The molecule has 1 heterocycles. The van der Waals surface area contributed by atoms with Gasteiger partial charge in [0.25, 0.3) is 0 Å². The Kier molecular flexibility index (Phi) is 3.32. The van der Waals surface area contributed by atoms with Crippen molar-refractivity contribution in [1.29, 1.82) is 0 Å². The molecule has 0 bridgehead atoms. The minimum atomic E-state index is 0.292. The van der Waals surface area contributed by atoms with Crippen LogP contribution in [0.25, 0.3) is 0 Å². The van der Waals surface area contributed by atoms with E-state index in [2.05, 4.69) is 11.9 Å². The number of nitrogens with two attached hydrogens (primary N) is 1. The van der Waals surface area contributed by atoms with Gasteiger partial charge in [-0.05, 0) is 43.7 Å². The van der Waals surface area contributed by atoms with E-state index in [1.165, 1.54) is 12.8 Å². The molecule has 0 saturated heterocycles. The molecule has 16 heavy (non-hydrogen) atoms. The van der Waals surface area contributed by atoms with E-state index in [9.17, 15) is 0 Å². The summed E-state index contributed by atoms with van der Waals surface area (Å²) >= 11 is 0. The Bertz CT molecular complexity index is 365. The summed E-state index contributed by atoms with van der Waals surface area (Å²) in [7, 11) is 0. The van der Waals surface area contributed by atoms with Crippen molar-refractivity contribution in [2.24, 2.45) is 5.92 Å². The van der Waals surface area contributed by atoms with E-state index in [-0.39, 0.29) is 0 Å². The summed E-state index contributed by atoms with van der Waals surface area (Å²) in [4.78, 5) is 4.21. The third-order valence-corrected chi connectivity index (χ3v) is 3.34. The van der Waals surface area contributed by atoms with Crippen molar-refractivity contribution >= 4 is 5.69 Å². The molecule has 0 radical (unpaired) electrons. The van der Waals surface area contributed by atoms with Gasteiger partial charge in [-0.25, -0.2) is 4.98 Å². The van der Waals surface area contributed by atoms with Gasteiger partial charge in [-0.15, -0.1) is 0 Å². The van der Waals surface area contributed by atoms with Crippen molar-refractivity contribution in [2.45, 2.75) is 45.6 Å². The Morgan fingerprint density at radius 1 is 1.44 bits per heavy atom. The van der Waals surface area contributed by atoms with Crippen LogP contribution >= 0.6 is 0 Å². The number of aromatic nitrogens is 1. The highest BCUT2D eigenvalue weighted by Crippen LogP contribution is 2.29. The Morgan fingerprint density at radius 3 is 3.00 bits per heavy atom. The second-order valence-electron chi connectivity index (χ2n) is 4.86. The van der Waals surface area contributed by atoms with Gasteiger partial charge in [0.05, 0.1) is 5.69 Å². The molecule has 1 aliphatic carbocycles. The Labute approximate surface area is 97.0 Å². The molecule has 2 atom stereocenters. The monoisotopic (exact) mass is 220 g/mol. The standard InChI is InChI=1S/C13H20N2O/c1-9-4-3-5-11(8-9)16-13-12(14)10(2)6-7-15-13/h6-7,9,11H,3-5,8,14H2,1-2H3. The van der Waals surface area contributed by atoms with Crippen LogP contribution in [0.2, 0.25) is 0 Å². The number of nitrogen functional groups attached to an aromatic ring is 1. The molecule has 1 aromatic rings. The maximum atomic E-state index is 5.95. The van der Waals surface area contributed by atoms with Crippen LogP contribution in [-0.4, -0.2) is 11.1 Å². The van der Waals surface area contributed by atoms with Gasteiger partial charge in [-0.1, -0.05) is 13.3 Å². The van der Waals surface area contributed by atoms with Gasteiger partial charge >= 0.3 is 0 Å². The molecule has 0 amide bonds. The molecule has 2 rings (SSSR count). The lowest BCUT2D eigenvalue weighted by atomic mass is 9.89. The predicted molar refractivity (Wildman–Crippen MR) is 65.4 cm³/mol. The van der Waals surface area contributed by atoms with Crippen LogP contribution in [0.5, 0.6) is 5.88 Å². The summed E-state index contributed by atoms with van der Waals surface area (Å²) in [5.41, 5.74) is 7.66. The van der Waals surface area contributed by atoms with Crippen LogP contribution in [0.3, 0.4) is 0 Å². The lowest BCUT2D eigenvalue weighted by Gasteiger charge is -2.27. The van der Waals surface area contributed by atoms with Gasteiger partial charge in [-0.3, -0.25) is 0 Å². The molecular formula is C13H20N2O. The molecule has 2 unspecified atom stereocenters. The predicted octanol–water partition coefficient (Wildman–Crippen LogP) is 2.93. The summed E-state index contributed by atoms with van der Waals surface area (Å²) in [5, 5.41) is 0. The van der Waals surface area contributed by atoms with Crippen LogP contribution in [-0.2, 0) is 0 Å². The van der Waals surface area contributed by atoms with E-state index in [1.807, 2.05) is 13.0 Å². The van der Waals surface area contributed by atoms with Crippen LogP contribution in [0.15, 0.2) is 12.3 Å². The fourth-order valence-electron chi connectivity index (χ4n) is 2.28. The van der Waals surface area contributed by atoms with Gasteiger partial charge in [0.1, 0.15) is 6.10 Å². The molecule has 0 aliphatic heterocycles. The SMILES string of the molecule is Cc1ccnc(OC2CCCC(C)C2)c1N. The van der Waals surface area contributed by atoms with Gasteiger partial charge in [0.15, 0.2) is 0 Å². The fourth-order valence-corrected chi connectivity index (χ4v) is 2.28. The molecule has 0 aromatic carbocycles. The smallest absolute Gasteiger partial charge is 0.237 e. The van der Waals surface area contributed by atoms with Gasteiger partial charge < -0.3 is 10.5 Å². The number of anilines is 1. The minimum Gasteiger partial charge on any atom is -0.473 e. The van der Waals surface area contributed by atoms with E-state index in [0.717, 1.165) is 24.3 Å². The first kappa shape index (κ1) is 11.2. The average Bonchev–Trinajstić information content (AvgIpc) is 2.25. The van der Waals surface area contributed by atoms with E-state index in [1.54, 1.807) is 6.20 Å². The van der Waals surface area contributed by atoms with Crippen LogP contribution in [0.1, 0.15) is 38.2 Å². The molecular weight excluding hydrogens is 200 g/mol. The first-order chi connectivity index (χ1) is 7.66. The van der Waals surface area contributed by atoms with Crippen LogP contribution in [0.4, 0.5) is 5.69 Å². The largest absolute Gasteiger partial charge is 0.473 e. The highest BCUT2D eigenvalue weighted by Gasteiger charge is 2.21. The third-order valence-electron chi connectivity index (χ3n) is 3.34.